The smallest absolute Gasteiger partial charge is 0.229 e. The van der Waals surface area contributed by atoms with E-state index >= 15 is 0 Å². The van der Waals surface area contributed by atoms with Crippen molar-refractivity contribution in [2.45, 2.75) is 19.3 Å². The molecule has 7 heteroatoms. The number of carbonyl (C=O) groups is 1. The third kappa shape index (κ3) is 2.28. The van der Waals surface area contributed by atoms with E-state index in [0.717, 1.165) is 23.1 Å². The molecule has 1 saturated carbocycles. The van der Waals surface area contributed by atoms with Crippen molar-refractivity contribution in [1.82, 2.24) is 20.0 Å². The molecule has 1 fully saturated rings. The first-order valence-corrected chi connectivity index (χ1v) is 7.48. The minimum absolute atomic E-state index is 0.0480. The van der Waals surface area contributed by atoms with Gasteiger partial charge in [-0.05, 0) is 37.0 Å². The summed E-state index contributed by atoms with van der Waals surface area (Å²) in [6.07, 6.45) is 0.779. The highest BCUT2D eigenvalue weighted by Gasteiger charge is 2.44. The van der Waals surface area contributed by atoms with E-state index in [9.17, 15) is 9.18 Å². The first-order valence-electron chi connectivity index (χ1n) is 7.48. The van der Waals surface area contributed by atoms with Crippen LogP contribution in [0.1, 0.15) is 23.6 Å². The molecule has 1 amide bonds. The lowest BCUT2D eigenvalue weighted by molar-refractivity contribution is -0.117. The number of amides is 1. The van der Waals surface area contributed by atoms with Gasteiger partial charge in [0.15, 0.2) is 5.65 Å². The van der Waals surface area contributed by atoms with Crippen LogP contribution in [0.15, 0.2) is 24.3 Å². The van der Waals surface area contributed by atoms with E-state index in [1.165, 1.54) is 12.1 Å². The van der Waals surface area contributed by atoms with Crippen LogP contribution >= 0.6 is 0 Å². The molecule has 2 heterocycles. The molecule has 1 aromatic carbocycles. The standard InChI is InChI=1S/C16H16FN5O/c1-8-13-14(19-20-15(13)22(2)21-8)18-16(23)12-7-11(12)9-3-5-10(17)6-4-9/h3-6,11-12H,7H2,1-2H3,(H2,18,19,20,23). The lowest BCUT2D eigenvalue weighted by Crippen LogP contribution is -2.15. The number of carbonyl (C=O) groups excluding carboxylic acids is 1. The van der Waals surface area contributed by atoms with E-state index in [1.54, 1.807) is 16.8 Å². The van der Waals surface area contributed by atoms with Gasteiger partial charge in [0, 0.05) is 13.0 Å². The fourth-order valence-electron chi connectivity index (χ4n) is 3.10. The number of hydrogen-bond acceptors (Lipinski definition) is 3. The summed E-state index contributed by atoms with van der Waals surface area (Å²) in [5, 5.41) is 15.1. The lowest BCUT2D eigenvalue weighted by Gasteiger charge is -2.03. The van der Waals surface area contributed by atoms with Gasteiger partial charge in [-0.1, -0.05) is 12.1 Å². The zero-order valence-electron chi connectivity index (χ0n) is 12.8. The van der Waals surface area contributed by atoms with Gasteiger partial charge >= 0.3 is 0 Å². The molecule has 118 valence electrons. The zero-order valence-corrected chi connectivity index (χ0v) is 12.8. The largest absolute Gasteiger partial charge is 0.310 e. The Morgan fingerprint density at radius 2 is 2.13 bits per heavy atom. The number of anilines is 1. The van der Waals surface area contributed by atoms with Crippen LogP contribution in [0.25, 0.3) is 11.0 Å². The maximum absolute atomic E-state index is 13.0. The van der Waals surface area contributed by atoms with Crippen LogP contribution in [-0.4, -0.2) is 25.9 Å². The Balaban J connectivity index is 1.51. The number of aryl methyl sites for hydroxylation is 2. The quantitative estimate of drug-likeness (QED) is 0.780. The van der Waals surface area contributed by atoms with E-state index in [1.807, 2.05) is 14.0 Å². The van der Waals surface area contributed by atoms with Gasteiger partial charge in [0.05, 0.1) is 11.1 Å². The van der Waals surface area contributed by atoms with Crippen molar-refractivity contribution in [2.24, 2.45) is 13.0 Å². The molecule has 0 radical (unpaired) electrons. The molecule has 23 heavy (non-hydrogen) atoms. The van der Waals surface area contributed by atoms with Crippen molar-refractivity contribution in [1.29, 1.82) is 0 Å². The van der Waals surface area contributed by atoms with Gasteiger partial charge < -0.3 is 5.32 Å². The number of halogens is 1. The summed E-state index contributed by atoms with van der Waals surface area (Å²) in [7, 11) is 1.81. The third-order valence-corrected chi connectivity index (χ3v) is 4.39. The summed E-state index contributed by atoms with van der Waals surface area (Å²) >= 11 is 0. The number of fused-ring (bicyclic) bond motifs is 1. The predicted octanol–water partition coefficient (Wildman–Crippen LogP) is 2.49. The highest BCUT2D eigenvalue weighted by molar-refractivity contribution is 6.02. The fourth-order valence-corrected chi connectivity index (χ4v) is 3.10. The number of nitrogens with one attached hydrogen (secondary N) is 2. The molecule has 4 rings (SSSR count). The van der Waals surface area contributed by atoms with Gasteiger partial charge in [0.2, 0.25) is 5.91 Å². The Kier molecular flexibility index (Phi) is 2.97. The highest BCUT2D eigenvalue weighted by atomic mass is 19.1. The van der Waals surface area contributed by atoms with Crippen LogP contribution in [0.5, 0.6) is 0 Å². The summed E-state index contributed by atoms with van der Waals surface area (Å²) in [5.41, 5.74) is 2.53. The Hall–Kier alpha value is -2.70. The molecule has 1 aliphatic carbocycles. The number of aromatic amines is 1. The maximum Gasteiger partial charge on any atom is 0.229 e. The minimum Gasteiger partial charge on any atom is -0.310 e. The highest BCUT2D eigenvalue weighted by Crippen LogP contribution is 2.48. The lowest BCUT2D eigenvalue weighted by atomic mass is 10.1. The van der Waals surface area contributed by atoms with E-state index in [-0.39, 0.29) is 23.6 Å². The average molecular weight is 313 g/mol. The summed E-state index contributed by atoms with van der Waals surface area (Å²) in [6, 6.07) is 6.35. The number of rotatable bonds is 3. The van der Waals surface area contributed by atoms with Crippen molar-refractivity contribution >= 4 is 22.8 Å². The Bertz CT molecular complexity index is 895. The molecule has 3 aromatic rings. The summed E-state index contributed by atoms with van der Waals surface area (Å²) in [6.45, 7) is 1.88. The van der Waals surface area contributed by atoms with Crippen LogP contribution in [0.3, 0.4) is 0 Å². The molecule has 2 unspecified atom stereocenters. The van der Waals surface area contributed by atoms with Crippen molar-refractivity contribution in [3.63, 3.8) is 0 Å². The van der Waals surface area contributed by atoms with Crippen molar-refractivity contribution in [2.75, 3.05) is 5.32 Å². The van der Waals surface area contributed by atoms with Crippen molar-refractivity contribution in [3.05, 3.63) is 41.3 Å². The molecule has 0 saturated heterocycles. The summed E-state index contributed by atoms with van der Waals surface area (Å²) in [4.78, 5) is 12.4. The normalized spacial score (nSPS) is 20.0. The van der Waals surface area contributed by atoms with Crippen LogP contribution < -0.4 is 5.32 Å². The molecule has 0 bridgehead atoms. The molecular weight excluding hydrogens is 297 g/mol. The Labute approximate surface area is 131 Å². The van der Waals surface area contributed by atoms with Crippen LogP contribution in [0, 0.1) is 18.7 Å². The van der Waals surface area contributed by atoms with Crippen LogP contribution in [0.2, 0.25) is 0 Å². The second kappa shape index (κ2) is 4.91. The molecule has 2 aromatic heterocycles. The molecule has 2 atom stereocenters. The SMILES string of the molecule is Cc1nn(C)c2n[nH]c(NC(=O)C3CC3c3ccc(F)cc3)c12. The zero-order chi connectivity index (χ0) is 16.1. The fraction of sp³-hybridized carbons (Fsp3) is 0.312. The van der Waals surface area contributed by atoms with Gasteiger partial charge in [-0.25, -0.2) is 9.07 Å². The molecule has 6 nitrogen and oxygen atoms in total. The first kappa shape index (κ1) is 13.9. The van der Waals surface area contributed by atoms with Gasteiger partial charge in [0.1, 0.15) is 11.6 Å². The number of benzene rings is 1. The monoisotopic (exact) mass is 313 g/mol. The number of hydrogen-bond donors (Lipinski definition) is 2. The number of aromatic nitrogens is 4. The van der Waals surface area contributed by atoms with Gasteiger partial charge in [-0.2, -0.15) is 10.2 Å². The minimum atomic E-state index is -0.262. The van der Waals surface area contributed by atoms with E-state index in [2.05, 4.69) is 20.6 Å². The average Bonchev–Trinajstić information content (AvgIpc) is 3.13. The topological polar surface area (TPSA) is 75.6 Å². The second-order valence-electron chi connectivity index (χ2n) is 6.00. The second-order valence-corrected chi connectivity index (χ2v) is 6.00. The molecular formula is C16H16FN5O. The molecule has 0 aliphatic heterocycles. The summed E-state index contributed by atoms with van der Waals surface area (Å²) in [5.74, 6) is 0.343. The van der Waals surface area contributed by atoms with Gasteiger partial charge in [-0.3, -0.25) is 9.89 Å². The summed E-state index contributed by atoms with van der Waals surface area (Å²) < 4.78 is 14.6. The van der Waals surface area contributed by atoms with Crippen LogP contribution in [0.4, 0.5) is 10.2 Å². The van der Waals surface area contributed by atoms with E-state index in [0.29, 0.717) is 11.5 Å². The maximum atomic E-state index is 13.0. The number of nitrogens with zero attached hydrogens (tertiary/aromatic N) is 3. The van der Waals surface area contributed by atoms with Crippen molar-refractivity contribution in [3.8, 4) is 0 Å². The predicted molar refractivity (Wildman–Crippen MR) is 83.5 cm³/mol. The van der Waals surface area contributed by atoms with E-state index in [4.69, 9.17) is 0 Å². The third-order valence-electron chi connectivity index (χ3n) is 4.39. The molecule has 2 N–H and O–H groups in total. The first-order chi connectivity index (χ1) is 11.0. The van der Waals surface area contributed by atoms with E-state index < -0.39 is 0 Å². The molecule has 0 spiro atoms. The van der Waals surface area contributed by atoms with Gasteiger partial charge in [-0.15, -0.1) is 0 Å². The molecule has 1 aliphatic rings. The Morgan fingerprint density at radius 1 is 1.39 bits per heavy atom. The van der Waals surface area contributed by atoms with Gasteiger partial charge in [0.25, 0.3) is 0 Å². The van der Waals surface area contributed by atoms with Crippen LogP contribution in [-0.2, 0) is 11.8 Å². The number of H-pyrrole nitrogens is 1. The van der Waals surface area contributed by atoms with Crippen molar-refractivity contribution < 1.29 is 9.18 Å². The Morgan fingerprint density at radius 3 is 2.87 bits per heavy atom.